The largest absolute Gasteiger partial charge is 0.337 e. The molecular formula is C13H18N4O. The van der Waals surface area contributed by atoms with Gasteiger partial charge in [0.25, 0.3) is 0 Å². The molecule has 1 atom stereocenters. The molecule has 1 aliphatic rings. The number of nitrogens with zero attached hydrogens (tertiary/aromatic N) is 3. The lowest BCUT2D eigenvalue weighted by Crippen LogP contribution is -2.44. The number of nitrogens with two attached hydrogens (primary N) is 1. The quantitative estimate of drug-likeness (QED) is 0.758. The van der Waals surface area contributed by atoms with Crippen molar-refractivity contribution in [3.63, 3.8) is 0 Å². The number of carbonyl (C=O) groups excluding carboxylic acids is 1. The fraction of sp³-hybridized carbons (Fsp3) is 0.538. The van der Waals surface area contributed by atoms with E-state index < -0.39 is 6.04 Å². The molecule has 0 radical (unpaired) electrons. The van der Waals surface area contributed by atoms with Crippen LogP contribution in [0, 0.1) is 12.3 Å². The van der Waals surface area contributed by atoms with Gasteiger partial charge in [0.05, 0.1) is 12.6 Å². The molecule has 1 amide bonds. The molecule has 0 bridgehead atoms. The molecule has 1 aromatic heterocycles. The number of aryl methyl sites for hydroxylation is 1. The zero-order chi connectivity index (χ0) is 13.1. The van der Waals surface area contributed by atoms with Crippen molar-refractivity contribution in [2.24, 2.45) is 12.8 Å². The zero-order valence-corrected chi connectivity index (χ0v) is 10.5. The van der Waals surface area contributed by atoms with E-state index in [-0.39, 0.29) is 12.3 Å². The lowest BCUT2D eigenvalue weighted by Gasteiger charge is -2.24. The van der Waals surface area contributed by atoms with E-state index in [1.54, 1.807) is 6.20 Å². The summed E-state index contributed by atoms with van der Waals surface area (Å²) in [6, 6.07) is -0.297. The number of hydrogen-bond acceptors (Lipinski definition) is 3. The highest BCUT2D eigenvalue weighted by Gasteiger charge is 2.35. The topological polar surface area (TPSA) is 64.2 Å². The zero-order valence-electron chi connectivity index (χ0n) is 10.5. The van der Waals surface area contributed by atoms with Gasteiger partial charge in [0.1, 0.15) is 5.82 Å². The number of terminal acetylenes is 1. The molecule has 0 aliphatic heterocycles. The summed E-state index contributed by atoms with van der Waals surface area (Å²) in [6.07, 6.45) is 11.2. The molecule has 2 N–H and O–H groups in total. The maximum Gasteiger partial charge on any atom is 0.241 e. The molecule has 96 valence electrons. The van der Waals surface area contributed by atoms with Gasteiger partial charge in [-0.3, -0.25) is 4.79 Å². The summed E-state index contributed by atoms with van der Waals surface area (Å²) in [5.41, 5.74) is 5.80. The molecule has 1 aliphatic carbocycles. The number of rotatable bonds is 5. The van der Waals surface area contributed by atoms with Crippen LogP contribution in [0.2, 0.25) is 0 Å². The van der Waals surface area contributed by atoms with Crippen molar-refractivity contribution in [1.82, 2.24) is 14.5 Å². The van der Waals surface area contributed by atoms with Crippen LogP contribution in [0.5, 0.6) is 0 Å². The summed E-state index contributed by atoms with van der Waals surface area (Å²) < 4.78 is 1.91. The highest BCUT2D eigenvalue weighted by atomic mass is 16.2. The predicted molar refractivity (Wildman–Crippen MR) is 68.2 cm³/mol. The van der Waals surface area contributed by atoms with Crippen LogP contribution < -0.4 is 5.73 Å². The first-order valence-electron chi connectivity index (χ1n) is 6.09. The summed E-state index contributed by atoms with van der Waals surface area (Å²) in [6.45, 7) is 0.505. The third-order valence-electron chi connectivity index (χ3n) is 3.16. The molecule has 0 saturated heterocycles. The van der Waals surface area contributed by atoms with Crippen LogP contribution >= 0.6 is 0 Å². The highest BCUT2D eigenvalue weighted by molar-refractivity contribution is 5.82. The summed E-state index contributed by atoms with van der Waals surface area (Å²) in [5, 5.41) is 0. The first kappa shape index (κ1) is 12.7. The first-order chi connectivity index (χ1) is 8.63. The molecule has 5 heteroatoms. The number of amides is 1. The Hall–Kier alpha value is -1.80. The van der Waals surface area contributed by atoms with Crippen LogP contribution in [0.3, 0.4) is 0 Å². The Kier molecular flexibility index (Phi) is 3.68. The van der Waals surface area contributed by atoms with Crippen molar-refractivity contribution >= 4 is 5.91 Å². The van der Waals surface area contributed by atoms with Crippen LogP contribution in [0.4, 0.5) is 0 Å². The van der Waals surface area contributed by atoms with Gasteiger partial charge in [-0.05, 0) is 12.8 Å². The smallest absolute Gasteiger partial charge is 0.241 e. The van der Waals surface area contributed by atoms with Crippen LogP contribution in [0.1, 0.15) is 25.1 Å². The predicted octanol–water partition coefficient (Wildman–Crippen LogP) is 0.262. The second-order valence-electron chi connectivity index (χ2n) is 4.67. The van der Waals surface area contributed by atoms with Crippen molar-refractivity contribution in [3.8, 4) is 12.3 Å². The number of aromatic nitrogens is 2. The lowest BCUT2D eigenvalue weighted by molar-refractivity contribution is -0.133. The van der Waals surface area contributed by atoms with Gasteiger partial charge in [0.2, 0.25) is 5.91 Å². The summed E-state index contributed by atoms with van der Waals surface area (Å²) in [7, 11) is 1.92. The van der Waals surface area contributed by atoms with E-state index in [4.69, 9.17) is 12.2 Å². The molecule has 18 heavy (non-hydrogen) atoms. The number of imidazole rings is 1. The third kappa shape index (κ3) is 2.71. The van der Waals surface area contributed by atoms with Crippen LogP contribution in [-0.2, 0) is 18.4 Å². The van der Waals surface area contributed by atoms with Crippen LogP contribution in [0.25, 0.3) is 0 Å². The van der Waals surface area contributed by atoms with E-state index in [0.29, 0.717) is 12.6 Å². The fourth-order valence-electron chi connectivity index (χ4n) is 1.90. The van der Waals surface area contributed by atoms with E-state index >= 15 is 0 Å². The summed E-state index contributed by atoms with van der Waals surface area (Å²) >= 11 is 0. The van der Waals surface area contributed by atoms with Gasteiger partial charge in [-0.25, -0.2) is 4.98 Å². The van der Waals surface area contributed by atoms with E-state index in [2.05, 4.69) is 10.9 Å². The van der Waals surface area contributed by atoms with E-state index in [0.717, 1.165) is 18.7 Å². The molecule has 5 nitrogen and oxygen atoms in total. The minimum absolute atomic E-state index is 0.0709. The average molecular weight is 246 g/mol. The molecule has 0 aromatic carbocycles. The van der Waals surface area contributed by atoms with Gasteiger partial charge in [0.15, 0.2) is 0 Å². The van der Waals surface area contributed by atoms with Gasteiger partial charge in [-0.1, -0.05) is 0 Å². The maximum atomic E-state index is 12.2. The van der Waals surface area contributed by atoms with Crippen LogP contribution in [-0.4, -0.2) is 32.4 Å². The maximum absolute atomic E-state index is 12.2. The lowest BCUT2D eigenvalue weighted by atomic mass is 10.2. The fourth-order valence-corrected chi connectivity index (χ4v) is 1.90. The molecule has 0 spiro atoms. The molecule has 2 rings (SSSR count). The Balaban J connectivity index is 2.07. The Bertz CT molecular complexity index is 470. The Labute approximate surface area is 107 Å². The highest BCUT2D eigenvalue weighted by Crippen LogP contribution is 2.28. The normalized spacial score (nSPS) is 16.1. The number of hydrogen-bond donors (Lipinski definition) is 1. The second-order valence-corrected chi connectivity index (χ2v) is 4.67. The third-order valence-corrected chi connectivity index (χ3v) is 3.16. The van der Waals surface area contributed by atoms with Crippen molar-refractivity contribution in [2.75, 3.05) is 0 Å². The van der Waals surface area contributed by atoms with Crippen LogP contribution in [0.15, 0.2) is 12.4 Å². The van der Waals surface area contributed by atoms with E-state index in [1.807, 2.05) is 22.7 Å². The molecule has 1 saturated carbocycles. The molecule has 1 unspecified atom stereocenters. The standard InChI is InChI=1S/C13H18N4O/c1-3-4-11(14)13(18)17(10-5-6-10)9-12-15-7-8-16(12)2/h1,7-8,10-11H,4-6,9,14H2,2H3. The first-order valence-corrected chi connectivity index (χ1v) is 6.09. The monoisotopic (exact) mass is 246 g/mol. The van der Waals surface area contributed by atoms with Crippen molar-refractivity contribution in [1.29, 1.82) is 0 Å². The minimum Gasteiger partial charge on any atom is -0.337 e. The van der Waals surface area contributed by atoms with E-state index in [9.17, 15) is 4.79 Å². The van der Waals surface area contributed by atoms with Gasteiger partial charge in [-0.15, -0.1) is 12.3 Å². The van der Waals surface area contributed by atoms with Crippen molar-refractivity contribution in [3.05, 3.63) is 18.2 Å². The van der Waals surface area contributed by atoms with Gasteiger partial charge < -0.3 is 15.2 Å². The Morgan fingerprint density at radius 2 is 2.50 bits per heavy atom. The Morgan fingerprint density at radius 3 is 3.00 bits per heavy atom. The molecule has 1 fully saturated rings. The SMILES string of the molecule is C#CCC(N)C(=O)N(Cc1nccn1C)C1CC1. The molecule has 1 aromatic rings. The van der Waals surface area contributed by atoms with Gasteiger partial charge in [-0.2, -0.15) is 0 Å². The molecular weight excluding hydrogens is 228 g/mol. The van der Waals surface area contributed by atoms with Crippen molar-refractivity contribution in [2.45, 2.75) is 37.9 Å². The average Bonchev–Trinajstić information content (AvgIpc) is 3.10. The van der Waals surface area contributed by atoms with Gasteiger partial charge in [0, 0.05) is 31.9 Å². The van der Waals surface area contributed by atoms with Crippen molar-refractivity contribution < 1.29 is 4.79 Å². The summed E-state index contributed by atoms with van der Waals surface area (Å²) in [5.74, 6) is 3.23. The second kappa shape index (κ2) is 5.23. The Morgan fingerprint density at radius 1 is 1.78 bits per heavy atom. The minimum atomic E-state index is -0.601. The van der Waals surface area contributed by atoms with Gasteiger partial charge >= 0.3 is 0 Å². The molecule has 1 heterocycles. The summed E-state index contributed by atoms with van der Waals surface area (Å²) in [4.78, 5) is 18.3. The number of carbonyl (C=O) groups is 1. The van der Waals surface area contributed by atoms with E-state index in [1.165, 1.54) is 0 Å².